The van der Waals surface area contributed by atoms with Gasteiger partial charge in [0.2, 0.25) is 11.8 Å². The SMILES string of the molecule is Cc1ccc(-n2c(SCc3nnc(C)o3)nnc2-c2ccc(Cl)cc2)cc1. The highest BCUT2D eigenvalue weighted by Crippen LogP contribution is 2.30. The van der Waals surface area contributed by atoms with Crippen molar-refractivity contribution in [1.29, 1.82) is 0 Å². The Balaban J connectivity index is 1.74. The molecule has 0 saturated heterocycles. The summed E-state index contributed by atoms with van der Waals surface area (Å²) in [4.78, 5) is 0. The number of halogens is 1. The van der Waals surface area contributed by atoms with Crippen molar-refractivity contribution in [3.05, 3.63) is 70.9 Å². The monoisotopic (exact) mass is 397 g/mol. The molecular weight excluding hydrogens is 382 g/mol. The van der Waals surface area contributed by atoms with Gasteiger partial charge in [0.25, 0.3) is 0 Å². The van der Waals surface area contributed by atoms with E-state index in [-0.39, 0.29) is 0 Å². The molecule has 0 radical (unpaired) electrons. The third-order valence-electron chi connectivity index (χ3n) is 3.92. The Morgan fingerprint density at radius 1 is 0.926 bits per heavy atom. The molecule has 27 heavy (non-hydrogen) atoms. The lowest BCUT2D eigenvalue weighted by Gasteiger charge is -2.10. The lowest BCUT2D eigenvalue weighted by Crippen LogP contribution is -2.00. The summed E-state index contributed by atoms with van der Waals surface area (Å²) in [7, 11) is 0. The summed E-state index contributed by atoms with van der Waals surface area (Å²) in [5.74, 6) is 2.38. The third-order valence-corrected chi connectivity index (χ3v) is 5.09. The van der Waals surface area contributed by atoms with Gasteiger partial charge in [0, 0.05) is 23.2 Å². The second kappa shape index (κ2) is 7.54. The molecular formula is C19H16ClN5OS. The van der Waals surface area contributed by atoms with E-state index in [0.717, 1.165) is 22.2 Å². The van der Waals surface area contributed by atoms with Gasteiger partial charge in [-0.15, -0.1) is 20.4 Å². The van der Waals surface area contributed by atoms with Crippen LogP contribution in [0.25, 0.3) is 17.1 Å². The minimum absolute atomic E-state index is 0.519. The maximum atomic E-state index is 6.03. The Morgan fingerprint density at radius 3 is 2.33 bits per heavy atom. The zero-order chi connectivity index (χ0) is 18.8. The Labute approximate surface area is 165 Å². The standard InChI is InChI=1S/C19H16ClN5OS/c1-12-3-9-16(10-4-12)25-18(14-5-7-15(20)8-6-14)23-24-19(25)27-11-17-22-21-13(2)26-17/h3-10H,11H2,1-2H3. The van der Waals surface area contributed by atoms with E-state index in [9.17, 15) is 0 Å². The number of thioether (sulfide) groups is 1. The van der Waals surface area contributed by atoms with Gasteiger partial charge in [0.1, 0.15) is 0 Å². The topological polar surface area (TPSA) is 69.6 Å². The summed E-state index contributed by atoms with van der Waals surface area (Å²) in [5, 5.41) is 18.1. The highest BCUT2D eigenvalue weighted by molar-refractivity contribution is 7.98. The predicted molar refractivity (Wildman–Crippen MR) is 105 cm³/mol. The molecule has 0 atom stereocenters. The summed E-state index contributed by atoms with van der Waals surface area (Å²) in [5.41, 5.74) is 3.11. The minimum atomic E-state index is 0.519. The van der Waals surface area contributed by atoms with Crippen molar-refractivity contribution >= 4 is 23.4 Å². The lowest BCUT2D eigenvalue weighted by atomic mass is 10.2. The average molecular weight is 398 g/mol. The van der Waals surface area contributed by atoms with Crippen molar-refractivity contribution < 1.29 is 4.42 Å². The predicted octanol–water partition coefficient (Wildman–Crippen LogP) is 4.88. The van der Waals surface area contributed by atoms with Crippen LogP contribution in [0, 0.1) is 13.8 Å². The number of hydrogen-bond donors (Lipinski definition) is 0. The Bertz CT molecular complexity index is 1060. The molecule has 2 heterocycles. The molecule has 0 aliphatic rings. The number of benzene rings is 2. The van der Waals surface area contributed by atoms with Crippen LogP contribution in [-0.4, -0.2) is 25.0 Å². The van der Waals surface area contributed by atoms with Crippen LogP contribution in [0.1, 0.15) is 17.3 Å². The molecule has 2 aromatic heterocycles. The molecule has 0 aliphatic carbocycles. The van der Waals surface area contributed by atoms with E-state index in [0.29, 0.717) is 22.6 Å². The molecule has 0 amide bonds. The van der Waals surface area contributed by atoms with Gasteiger partial charge in [-0.1, -0.05) is 41.1 Å². The normalized spacial score (nSPS) is 11.1. The molecule has 4 rings (SSSR count). The van der Waals surface area contributed by atoms with Crippen LogP contribution in [0.3, 0.4) is 0 Å². The first-order valence-electron chi connectivity index (χ1n) is 8.30. The van der Waals surface area contributed by atoms with E-state index < -0.39 is 0 Å². The fourth-order valence-electron chi connectivity index (χ4n) is 2.60. The van der Waals surface area contributed by atoms with Gasteiger partial charge < -0.3 is 4.42 Å². The van der Waals surface area contributed by atoms with E-state index >= 15 is 0 Å². The third kappa shape index (κ3) is 3.89. The Hall–Kier alpha value is -2.64. The van der Waals surface area contributed by atoms with Gasteiger partial charge in [0.05, 0.1) is 5.75 Å². The van der Waals surface area contributed by atoms with Crippen LogP contribution in [0.5, 0.6) is 0 Å². The van der Waals surface area contributed by atoms with Gasteiger partial charge >= 0.3 is 0 Å². The molecule has 0 fully saturated rings. The van der Waals surface area contributed by atoms with Crippen LogP contribution in [-0.2, 0) is 5.75 Å². The van der Waals surface area contributed by atoms with Crippen molar-refractivity contribution in [2.75, 3.05) is 0 Å². The molecule has 0 saturated carbocycles. The van der Waals surface area contributed by atoms with Crippen LogP contribution in [0.2, 0.25) is 5.02 Å². The van der Waals surface area contributed by atoms with Crippen molar-refractivity contribution in [1.82, 2.24) is 25.0 Å². The quantitative estimate of drug-likeness (QED) is 0.447. The number of aryl methyl sites for hydroxylation is 2. The number of aromatic nitrogens is 5. The summed E-state index contributed by atoms with van der Waals surface area (Å²) in [6, 6.07) is 15.8. The van der Waals surface area contributed by atoms with E-state index in [1.54, 1.807) is 6.92 Å². The Morgan fingerprint density at radius 2 is 1.67 bits per heavy atom. The fraction of sp³-hybridized carbons (Fsp3) is 0.158. The summed E-state index contributed by atoms with van der Waals surface area (Å²) in [6.07, 6.45) is 0. The van der Waals surface area contributed by atoms with Gasteiger partial charge in [0.15, 0.2) is 11.0 Å². The summed E-state index contributed by atoms with van der Waals surface area (Å²) in [6.45, 7) is 3.83. The van der Waals surface area contributed by atoms with Crippen molar-refractivity contribution in [2.24, 2.45) is 0 Å². The van der Waals surface area contributed by atoms with Crippen LogP contribution < -0.4 is 0 Å². The maximum absolute atomic E-state index is 6.03. The summed E-state index contributed by atoms with van der Waals surface area (Å²) < 4.78 is 7.48. The molecule has 0 spiro atoms. The van der Waals surface area contributed by atoms with E-state index in [4.69, 9.17) is 16.0 Å². The average Bonchev–Trinajstić information content (AvgIpc) is 3.27. The molecule has 8 heteroatoms. The number of nitrogens with zero attached hydrogens (tertiary/aromatic N) is 5. The smallest absolute Gasteiger partial charge is 0.226 e. The largest absolute Gasteiger partial charge is 0.425 e. The van der Waals surface area contributed by atoms with Crippen LogP contribution in [0.15, 0.2) is 58.1 Å². The van der Waals surface area contributed by atoms with E-state index in [2.05, 4.69) is 51.6 Å². The van der Waals surface area contributed by atoms with Crippen LogP contribution >= 0.6 is 23.4 Å². The molecule has 0 aliphatic heterocycles. The molecule has 6 nitrogen and oxygen atoms in total. The van der Waals surface area contributed by atoms with Crippen molar-refractivity contribution in [3.8, 4) is 17.1 Å². The molecule has 0 bridgehead atoms. The molecule has 0 N–H and O–H groups in total. The molecule has 2 aromatic carbocycles. The number of rotatable bonds is 5. The molecule has 4 aromatic rings. The van der Waals surface area contributed by atoms with E-state index in [1.807, 2.05) is 28.8 Å². The first-order valence-corrected chi connectivity index (χ1v) is 9.67. The highest BCUT2D eigenvalue weighted by atomic mass is 35.5. The highest BCUT2D eigenvalue weighted by Gasteiger charge is 2.17. The second-order valence-electron chi connectivity index (χ2n) is 5.99. The Kier molecular flexibility index (Phi) is 4.96. The van der Waals surface area contributed by atoms with Crippen LogP contribution in [0.4, 0.5) is 0 Å². The first kappa shape index (κ1) is 17.8. The van der Waals surface area contributed by atoms with Gasteiger partial charge in [-0.05, 0) is 43.3 Å². The van der Waals surface area contributed by atoms with E-state index in [1.165, 1.54) is 17.3 Å². The zero-order valence-corrected chi connectivity index (χ0v) is 16.3. The second-order valence-corrected chi connectivity index (χ2v) is 7.37. The van der Waals surface area contributed by atoms with Gasteiger partial charge in [-0.3, -0.25) is 4.57 Å². The fourth-order valence-corrected chi connectivity index (χ4v) is 3.51. The number of hydrogen-bond acceptors (Lipinski definition) is 6. The van der Waals surface area contributed by atoms with Gasteiger partial charge in [-0.2, -0.15) is 0 Å². The summed E-state index contributed by atoms with van der Waals surface area (Å²) >= 11 is 7.53. The maximum Gasteiger partial charge on any atom is 0.226 e. The molecule has 0 unspecified atom stereocenters. The lowest BCUT2D eigenvalue weighted by molar-refractivity contribution is 0.485. The van der Waals surface area contributed by atoms with Gasteiger partial charge in [-0.25, -0.2) is 0 Å². The van der Waals surface area contributed by atoms with Crippen molar-refractivity contribution in [2.45, 2.75) is 24.8 Å². The minimum Gasteiger partial charge on any atom is -0.425 e. The zero-order valence-electron chi connectivity index (χ0n) is 14.8. The van der Waals surface area contributed by atoms with Crippen molar-refractivity contribution in [3.63, 3.8) is 0 Å². The molecule has 136 valence electrons. The first-order chi connectivity index (χ1) is 13.1.